The zero-order valence-electron chi connectivity index (χ0n) is 16.4. The number of nitrogens with zero attached hydrogens (tertiary/aromatic N) is 1. The van der Waals surface area contributed by atoms with Gasteiger partial charge in [-0.05, 0) is 37.6 Å². The lowest BCUT2D eigenvalue weighted by Crippen LogP contribution is -2.28. The maximum absolute atomic E-state index is 11.0. The van der Waals surface area contributed by atoms with Gasteiger partial charge < -0.3 is 9.29 Å². The first-order valence-corrected chi connectivity index (χ1v) is 10.9. The van der Waals surface area contributed by atoms with E-state index < -0.39 is 21.3 Å². The van der Waals surface area contributed by atoms with E-state index in [4.69, 9.17) is 4.74 Å². The van der Waals surface area contributed by atoms with Crippen molar-refractivity contribution in [3.05, 3.63) is 65.7 Å². The van der Waals surface area contributed by atoms with Crippen LogP contribution in [0.3, 0.4) is 0 Å². The summed E-state index contributed by atoms with van der Waals surface area (Å²) >= 11 is 0. The van der Waals surface area contributed by atoms with Crippen LogP contribution in [-0.4, -0.2) is 42.0 Å². The molecule has 1 heterocycles. The zero-order chi connectivity index (χ0) is 21.1. The van der Waals surface area contributed by atoms with Crippen LogP contribution in [0.5, 0.6) is 5.75 Å². The average Bonchev–Trinajstić information content (AvgIpc) is 2.87. The quantitative estimate of drug-likeness (QED) is 0.377. The van der Waals surface area contributed by atoms with Crippen molar-refractivity contribution in [2.24, 2.45) is 0 Å². The van der Waals surface area contributed by atoms with Crippen LogP contribution in [0, 0.1) is 0 Å². The molecule has 0 atom stereocenters. The normalized spacial score (nSPS) is 15.6. The molecule has 0 N–H and O–H groups in total. The monoisotopic (exact) mass is 413 g/mol. The standard InChI is InChI=1S/C22H23NO5S/c1-22(2)19-15-18(28-16-24)10-11-20(19)23(13-6-14-29(25,26)27)21(22)12-9-17-7-4-3-5-8-17/h3-5,7-12,15-16H,6,13-14H2,1-2H3/b12-9+. The van der Waals surface area contributed by atoms with Gasteiger partial charge in [-0.1, -0.05) is 30.3 Å². The van der Waals surface area contributed by atoms with Gasteiger partial charge in [-0.3, -0.25) is 4.79 Å². The third-order valence-electron chi connectivity index (χ3n) is 5.06. The third kappa shape index (κ3) is 4.81. The van der Waals surface area contributed by atoms with Crippen molar-refractivity contribution in [3.63, 3.8) is 0 Å². The molecule has 0 amide bonds. The number of hydrogen-bond donors (Lipinski definition) is 0. The first-order valence-electron chi connectivity index (χ1n) is 9.29. The van der Waals surface area contributed by atoms with Crippen molar-refractivity contribution in [1.29, 1.82) is 0 Å². The predicted molar refractivity (Wildman–Crippen MR) is 111 cm³/mol. The highest BCUT2D eigenvalue weighted by atomic mass is 32.2. The molecule has 0 unspecified atom stereocenters. The van der Waals surface area contributed by atoms with Gasteiger partial charge in [0.1, 0.15) is 12.3 Å². The van der Waals surface area contributed by atoms with Crippen LogP contribution >= 0.6 is 0 Å². The second-order valence-electron chi connectivity index (χ2n) is 7.41. The molecule has 1 aliphatic heterocycles. The molecule has 0 saturated heterocycles. The van der Waals surface area contributed by atoms with Crippen molar-refractivity contribution in [2.45, 2.75) is 25.7 Å². The fraction of sp³-hybridized carbons (Fsp3) is 0.273. The summed E-state index contributed by atoms with van der Waals surface area (Å²) in [5.41, 5.74) is 3.49. The Kier molecular flexibility index (Phi) is 6.00. The number of fused-ring (bicyclic) bond motifs is 1. The number of allylic oxidation sites excluding steroid dienone is 1. The van der Waals surface area contributed by atoms with E-state index in [0.717, 1.165) is 22.5 Å². The first-order chi connectivity index (χ1) is 13.7. The Labute approximate surface area is 170 Å². The summed E-state index contributed by atoms with van der Waals surface area (Å²) < 4.78 is 40.2. The van der Waals surface area contributed by atoms with E-state index in [2.05, 4.69) is 13.8 Å². The van der Waals surface area contributed by atoms with Gasteiger partial charge in [-0.2, -0.15) is 4.58 Å². The van der Waals surface area contributed by atoms with Gasteiger partial charge in [0, 0.05) is 29.9 Å². The van der Waals surface area contributed by atoms with E-state index in [1.165, 1.54) is 0 Å². The van der Waals surface area contributed by atoms with Gasteiger partial charge in [-0.25, -0.2) is 8.42 Å². The summed E-state index contributed by atoms with van der Waals surface area (Å²) in [6.07, 6.45) is 4.24. The minimum absolute atomic E-state index is 0.219. The molecule has 29 heavy (non-hydrogen) atoms. The summed E-state index contributed by atoms with van der Waals surface area (Å²) in [6, 6.07) is 15.2. The molecule has 0 fully saturated rings. The number of ether oxygens (including phenoxy) is 1. The lowest BCUT2D eigenvalue weighted by atomic mass is 9.81. The van der Waals surface area contributed by atoms with Gasteiger partial charge >= 0.3 is 0 Å². The van der Waals surface area contributed by atoms with Gasteiger partial charge in [0.05, 0.1) is 15.5 Å². The van der Waals surface area contributed by atoms with Gasteiger partial charge in [0.15, 0.2) is 5.71 Å². The summed E-state index contributed by atoms with van der Waals surface area (Å²) in [7, 11) is -4.27. The largest absolute Gasteiger partial charge is 0.748 e. The molecule has 0 bridgehead atoms. The zero-order valence-corrected chi connectivity index (χ0v) is 17.2. The van der Waals surface area contributed by atoms with E-state index in [1.54, 1.807) is 6.07 Å². The molecule has 0 radical (unpaired) electrons. The van der Waals surface area contributed by atoms with Crippen LogP contribution in [0.2, 0.25) is 0 Å². The Morgan fingerprint density at radius 1 is 1.10 bits per heavy atom. The summed E-state index contributed by atoms with van der Waals surface area (Å²) in [4.78, 5) is 10.7. The molecule has 6 nitrogen and oxygen atoms in total. The number of carbonyl (C=O) groups is 1. The maximum Gasteiger partial charge on any atom is 0.298 e. The average molecular weight is 413 g/mol. The number of benzene rings is 2. The number of hydrogen-bond acceptors (Lipinski definition) is 5. The second kappa shape index (κ2) is 8.31. The fourth-order valence-corrected chi connectivity index (χ4v) is 4.15. The molecule has 152 valence electrons. The van der Waals surface area contributed by atoms with Gasteiger partial charge in [0.2, 0.25) is 5.69 Å². The molecule has 7 heteroatoms. The molecular formula is C22H23NO5S. The highest BCUT2D eigenvalue weighted by Gasteiger charge is 2.44. The molecule has 1 aliphatic rings. The van der Waals surface area contributed by atoms with Crippen molar-refractivity contribution < 1.29 is 27.1 Å². The third-order valence-corrected chi connectivity index (χ3v) is 5.85. The van der Waals surface area contributed by atoms with Crippen molar-refractivity contribution in [2.75, 3.05) is 12.3 Å². The second-order valence-corrected chi connectivity index (χ2v) is 8.94. The minimum Gasteiger partial charge on any atom is -0.748 e. The molecule has 2 aromatic carbocycles. The van der Waals surface area contributed by atoms with Crippen LogP contribution in [0.15, 0.2) is 54.6 Å². The summed E-state index contributed by atoms with van der Waals surface area (Å²) in [6.45, 7) is 4.90. The molecule has 0 aliphatic carbocycles. The van der Waals surface area contributed by atoms with E-state index in [9.17, 15) is 17.8 Å². The van der Waals surface area contributed by atoms with Crippen molar-refractivity contribution >= 4 is 34.1 Å². The highest BCUT2D eigenvalue weighted by molar-refractivity contribution is 7.85. The Morgan fingerprint density at radius 3 is 2.48 bits per heavy atom. The summed E-state index contributed by atoms with van der Waals surface area (Å²) in [5, 5.41) is 0. The van der Waals surface area contributed by atoms with Crippen molar-refractivity contribution in [3.8, 4) is 5.75 Å². The molecule has 0 aromatic heterocycles. The first kappa shape index (κ1) is 21.0. The maximum atomic E-state index is 11.0. The molecule has 0 saturated carbocycles. The van der Waals surface area contributed by atoms with Crippen LogP contribution < -0.4 is 4.74 Å². The smallest absolute Gasteiger partial charge is 0.298 e. The lowest BCUT2D eigenvalue weighted by molar-refractivity contribution is -0.437. The molecule has 3 rings (SSSR count). The van der Waals surface area contributed by atoms with Crippen molar-refractivity contribution in [1.82, 2.24) is 0 Å². The SMILES string of the molecule is CC1(C)C(/C=C/c2ccccc2)=[N+](CCCS(=O)(=O)[O-])c2ccc(OC=O)cc21. The van der Waals surface area contributed by atoms with Crippen LogP contribution in [0.4, 0.5) is 5.69 Å². The predicted octanol–water partition coefficient (Wildman–Crippen LogP) is 3.25. The highest BCUT2D eigenvalue weighted by Crippen LogP contribution is 2.42. The fourth-order valence-electron chi connectivity index (χ4n) is 3.66. The van der Waals surface area contributed by atoms with E-state index >= 15 is 0 Å². The topological polar surface area (TPSA) is 86.5 Å². The molecule has 2 aromatic rings. The van der Waals surface area contributed by atoms with Crippen LogP contribution in [-0.2, 0) is 20.3 Å². The Balaban J connectivity index is 2.03. The molecule has 0 spiro atoms. The molecular weight excluding hydrogens is 390 g/mol. The number of rotatable bonds is 8. The van der Waals surface area contributed by atoms with E-state index in [0.29, 0.717) is 18.8 Å². The Hall–Kier alpha value is -2.77. The minimum atomic E-state index is -4.27. The van der Waals surface area contributed by atoms with Gasteiger partial charge in [0.25, 0.3) is 6.47 Å². The van der Waals surface area contributed by atoms with Gasteiger partial charge in [-0.15, -0.1) is 0 Å². The van der Waals surface area contributed by atoms with Crippen LogP contribution in [0.25, 0.3) is 6.08 Å². The van der Waals surface area contributed by atoms with E-state index in [1.807, 2.05) is 59.2 Å². The lowest BCUT2D eigenvalue weighted by Gasteiger charge is -2.16. The van der Waals surface area contributed by atoms with Crippen LogP contribution in [0.1, 0.15) is 31.4 Å². The number of carbonyl (C=O) groups excluding carboxylic acids is 1. The van der Waals surface area contributed by atoms with E-state index in [-0.39, 0.29) is 6.42 Å². The Morgan fingerprint density at radius 2 is 1.83 bits per heavy atom. The Bertz CT molecular complexity index is 1070. The summed E-state index contributed by atoms with van der Waals surface area (Å²) in [5.74, 6) is 0.0311.